The number of aliphatic hydroxyl groups excluding tert-OH is 1. The molecule has 0 aliphatic heterocycles. The summed E-state index contributed by atoms with van der Waals surface area (Å²) in [6.07, 6.45) is 2.47. The van der Waals surface area contributed by atoms with Crippen molar-refractivity contribution in [2.24, 2.45) is 5.73 Å². The van der Waals surface area contributed by atoms with Crippen LogP contribution >= 0.6 is 0 Å². The van der Waals surface area contributed by atoms with Crippen LogP contribution in [0.3, 0.4) is 0 Å². The number of rotatable bonds is 9. The van der Waals surface area contributed by atoms with E-state index in [0.29, 0.717) is 26.1 Å². The Morgan fingerprint density at radius 1 is 1.50 bits per heavy atom. The van der Waals surface area contributed by atoms with Crippen molar-refractivity contribution in [3.63, 3.8) is 0 Å². The monoisotopic (exact) mass is 232 g/mol. The summed E-state index contributed by atoms with van der Waals surface area (Å²) in [6, 6.07) is -0.525. The highest BCUT2D eigenvalue weighted by atomic mass is 16.5. The van der Waals surface area contributed by atoms with E-state index in [0.717, 1.165) is 12.8 Å². The van der Waals surface area contributed by atoms with E-state index in [2.05, 4.69) is 6.92 Å². The van der Waals surface area contributed by atoms with Gasteiger partial charge in [0.25, 0.3) is 0 Å². The predicted octanol–water partition coefficient (Wildman–Crippen LogP) is -0.0288. The topological polar surface area (TPSA) is 75.8 Å². The zero-order valence-corrected chi connectivity index (χ0v) is 10.3. The van der Waals surface area contributed by atoms with Gasteiger partial charge in [0.05, 0.1) is 12.6 Å². The molecule has 1 amide bonds. The molecule has 0 spiro atoms. The summed E-state index contributed by atoms with van der Waals surface area (Å²) in [5, 5.41) is 8.88. The largest absolute Gasteiger partial charge is 0.395 e. The van der Waals surface area contributed by atoms with Crippen LogP contribution in [0.5, 0.6) is 0 Å². The Labute approximate surface area is 97.6 Å². The molecule has 0 aliphatic rings. The average Bonchev–Trinajstić information content (AvgIpc) is 2.30. The molecule has 0 heterocycles. The fourth-order valence-corrected chi connectivity index (χ4v) is 1.40. The van der Waals surface area contributed by atoms with E-state index in [1.165, 1.54) is 0 Å². The Balaban J connectivity index is 4.12. The van der Waals surface area contributed by atoms with Crippen molar-refractivity contribution in [1.82, 2.24) is 4.90 Å². The number of methoxy groups -OCH3 is 1. The van der Waals surface area contributed by atoms with Gasteiger partial charge in [-0.15, -0.1) is 0 Å². The number of aliphatic hydroxyl groups is 1. The fourth-order valence-electron chi connectivity index (χ4n) is 1.40. The number of carbonyl (C=O) groups excluding carboxylic acids is 1. The van der Waals surface area contributed by atoms with Crippen LogP contribution in [0.4, 0.5) is 0 Å². The lowest BCUT2D eigenvalue weighted by molar-refractivity contribution is -0.133. The lowest BCUT2D eigenvalue weighted by Gasteiger charge is -2.24. The van der Waals surface area contributed by atoms with Crippen LogP contribution in [0.15, 0.2) is 0 Å². The van der Waals surface area contributed by atoms with E-state index < -0.39 is 6.04 Å². The summed E-state index contributed by atoms with van der Waals surface area (Å²) in [5.74, 6) is -0.0976. The molecule has 0 aromatic carbocycles. The van der Waals surface area contributed by atoms with Gasteiger partial charge in [-0.1, -0.05) is 13.3 Å². The number of nitrogens with zero attached hydrogens (tertiary/aromatic N) is 1. The van der Waals surface area contributed by atoms with E-state index >= 15 is 0 Å². The first-order chi connectivity index (χ1) is 7.67. The van der Waals surface area contributed by atoms with Crippen LogP contribution in [-0.4, -0.2) is 55.4 Å². The van der Waals surface area contributed by atoms with Gasteiger partial charge in [-0.05, 0) is 12.8 Å². The van der Waals surface area contributed by atoms with Crippen LogP contribution in [0.1, 0.15) is 26.2 Å². The molecule has 0 bridgehead atoms. The van der Waals surface area contributed by atoms with Crippen molar-refractivity contribution in [2.75, 3.05) is 33.4 Å². The molecule has 1 atom stereocenters. The molecule has 0 aromatic heterocycles. The molecule has 96 valence electrons. The molecule has 0 radical (unpaired) electrons. The van der Waals surface area contributed by atoms with Crippen LogP contribution < -0.4 is 5.73 Å². The lowest BCUT2D eigenvalue weighted by atomic mass is 10.2. The molecule has 0 saturated carbocycles. The fraction of sp³-hybridized carbons (Fsp3) is 0.909. The standard InChI is InChI=1S/C11H24N2O3/c1-3-4-6-13(7-8-14)11(15)10(12)5-9-16-2/h10,14H,3-9,12H2,1-2H3. The first-order valence-electron chi connectivity index (χ1n) is 5.81. The minimum atomic E-state index is -0.525. The minimum absolute atomic E-state index is 0.0214. The van der Waals surface area contributed by atoms with Crippen molar-refractivity contribution >= 4 is 5.91 Å². The second-order valence-electron chi connectivity index (χ2n) is 3.79. The molecule has 5 heteroatoms. The third-order valence-corrected chi connectivity index (χ3v) is 2.41. The maximum Gasteiger partial charge on any atom is 0.239 e. The second kappa shape index (κ2) is 9.57. The van der Waals surface area contributed by atoms with Crippen molar-refractivity contribution in [2.45, 2.75) is 32.2 Å². The quantitative estimate of drug-likeness (QED) is 0.585. The van der Waals surface area contributed by atoms with Crippen molar-refractivity contribution in [3.8, 4) is 0 Å². The van der Waals surface area contributed by atoms with E-state index in [-0.39, 0.29) is 12.5 Å². The Hall–Kier alpha value is -0.650. The van der Waals surface area contributed by atoms with Crippen LogP contribution in [0.2, 0.25) is 0 Å². The highest BCUT2D eigenvalue weighted by Gasteiger charge is 2.19. The Bertz CT molecular complexity index is 188. The first kappa shape index (κ1) is 15.3. The number of ether oxygens (including phenoxy) is 1. The lowest BCUT2D eigenvalue weighted by Crippen LogP contribution is -2.45. The molecule has 0 rings (SSSR count). The molecule has 0 fully saturated rings. The van der Waals surface area contributed by atoms with Gasteiger partial charge in [-0.3, -0.25) is 4.79 Å². The van der Waals surface area contributed by atoms with Gasteiger partial charge in [0.15, 0.2) is 0 Å². The minimum Gasteiger partial charge on any atom is -0.395 e. The third-order valence-electron chi connectivity index (χ3n) is 2.41. The molecule has 1 unspecified atom stereocenters. The van der Waals surface area contributed by atoms with E-state index in [1.807, 2.05) is 0 Å². The average molecular weight is 232 g/mol. The van der Waals surface area contributed by atoms with Gasteiger partial charge in [-0.25, -0.2) is 0 Å². The molecular formula is C11H24N2O3. The Morgan fingerprint density at radius 2 is 2.19 bits per heavy atom. The third kappa shape index (κ3) is 6.05. The number of hydrogen-bond acceptors (Lipinski definition) is 4. The number of amides is 1. The van der Waals surface area contributed by atoms with Crippen LogP contribution in [-0.2, 0) is 9.53 Å². The van der Waals surface area contributed by atoms with Gasteiger partial charge in [-0.2, -0.15) is 0 Å². The SMILES string of the molecule is CCCCN(CCO)C(=O)C(N)CCOC. The number of unbranched alkanes of at least 4 members (excludes halogenated alkanes) is 1. The number of carbonyl (C=O) groups is 1. The van der Waals surface area contributed by atoms with Gasteiger partial charge in [0.2, 0.25) is 5.91 Å². The summed E-state index contributed by atoms with van der Waals surface area (Å²) in [7, 11) is 1.58. The molecule has 0 saturated heterocycles. The summed E-state index contributed by atoms with van der Waals surface area (Å²) < 4.78 is 4.88. The molecule has 0 aromatic rings. The van der Waals surface area contributed by atoms with Gasteiger partial charge in [0.1, 0.15) is 0 Å². The highest BCUT2D eigenvalue weighted by molar-refractivity contribution is 5.81. The predicted molar refractivity (Wildman–Crippen MR) is 63.0 cm³/mol. The molecular weight excluding hydrogens is 208 g/mol. The van der Waals surface area contributed by atoms with Crippen LogP contribution in [0.25, 0.3) is 0 Å². The summed E-state index contributed by atoms with van der Waals surface area (Å²) in [4.78, 5) is 13.5. The van der Waals surface area contributed by atoms with Gasteiger partial charge >= 0.3 is 0 Å². The summed E-state index contributed by atoms with van der Waals surface area (Å²) >= 11 is 0. The Kier molecular flexibility index (Phi) is 9.18. The molecule has 5 nitrogen and oxygen atoms in total. The number of hydrogen-bond donors (Lipinski definition) is 2. The molecule has 3 N–H and O–H groups in total. The van der Waals surface area contributed by atoms with E-state index in [9.17, 15) is 4.79 Å². The zero-order chi connectivity index (χ0) is 12.4. The normalized spacial score (nSPS) is 12.5. The maximum atomic E-state index is 11.9. The number of nitrogens with two attached hydrogens (primary N) is 1. The maximum absolute atomic E-state index is 11.9. The highest BCUT2D eigenvalue weighted by Crippen LogP contribution is 2.00. The van der Waals surface area contributed by atoms with Crippen molar-refractivity contribution < 1.29 is 14.6 Å². The van der Waals surface area contributed by atoms with Gasteiger partial charge < -0.3 is 20.5 Å². The van der Waals surface area contributed by atoms with E-state index in [4.69, 9.17) is 15.6 Å². The summed E-state index contributed by atoms with van der Waals surface area (Å²) in [5.41, 5.74) is 5.75. The smallest absolute Gasteiger partial charge is 0.239 e. The molecule has 16 heavy (non-hydrogen) atoms. The first-order valence-corrected chi connectivity index (χ1v) is 5.81. The van der Waals surface area contributed by atoms with Crippen molar-refractivity contribution in [1.29, 1.82) is 0 Å². The molecule has 0 aliphatic carbocycles. The summed E-state index contributed by atoms with van der Waals surface area (Å²) in [6.45, 7) is 3.54. The van der Waals surface area contributed by atoms with Crippen LogP contribution in [0, 0.1) is 0 Å². The van der Waals surface area contributed by atoms with E-state index in [1.54, 1.807) is 12.0 Å². The van der Waals surface area contributed by atoms with Crippen molar-refractivity contribution in [3.05, 3.63) is 0 Å². The second-order valence-corrected chi connectivity index (χ2v) is 3.79. The van der Waals surface area contributed by atoms with Gasteiger partial charge in [0, 0.05) is 26.8 Å². The Morgan fingerprint density at radius 3 is 2.69 bits per heavy atom. The zero-order valence-electron chi connectivity index (χ0n) is 10.3.